The maximum absolute atomic E-state index is 10.3. The quantitative estimate of drug-likeness (QED) is 0.139. The van der Waals surface area contributed by atoms with E-state index in [1.165, 1.54) is 0 Å². The van der Waals surface area contributed by atoms with Crippen LogP contribution < -0.4 is 0 Å². The van der Waals surface area contributed by atoms with Crippen LogP contribution in [0.1, 0.15) is 22.3 Å². The summed E-state index contributed by atoms with van der Waals surface area (Å²) < 4.78 is 38.6. The monoisotopic (exact) mass is 686 g/mol. The third-order valence-corrected chi connectivity index (χ3v) is 10.0. The van der Waals surface area contributed by atoms with Crippen molar-refractivity contribution in [3.05, 3.63) is 144 Å². The van der Waals surface area contributed by atoms with Gasteiger partial charge in [0.15, 0.2) is 0 Å². The van der Waals surface area contributed by atoms with Crippen LogP contribution >= 0.6 is 11.8 Å². The maximum atomic E-state index is 10.3. The molecule has 2 N–H and O–H groups in total. The van der Waals surface area contributed by atoms with Gasteiger partial charge in [0.2, 0.25) is 0 Å². The maximum Gasteiger partial charge on any atom is 0.115 e. The minimum Gasteiger partial charge on any atom is -0.394 e. The Labute approximate surface area is 293 Å². The summed E-state index contributed by atoms with van der Waals surface area (Å²) in [7, 11) is 0. The second-order valence-corrected chi connectivity index (χ2v) is 13.4. The summed E-state index contributed by atoms with van der Waals surface area (Å²) in [6.07, 6.45) is -3.36. The topological polar surface area (TPSA) is 95.8 Å². The summed E-state index contributed by atoms with van der Waals surface area (Å²) in [6, 6.07) is 40.0. The molecule has 2 aliphatic heterocycles. The molecule has 0 unspecified atom stereocenters. The second kappa shape index (κ2) is 18.8. The molecule has 6 rings (SSSR count). The molecule has 2 saturated heterocycles. The molecule has 4 aromatic carbocycles. The van der Waals surface area contributed by atoms with Crippen LogP contribution in [0.4, 0.5) is 0 Å². The zero-order chi connectivity index (χ0) is 33.7. The second-order valence-electron chi connectivity index (χ2n) is 12.4. The van der Waals surface area contributed by atoms with Crippen LogP contribution in [0.5, 0.6) is 0 Å². The number of rotatable bonds is 18. The van der Waals surface area contributed by atoms with E-state index in [1.807, 2.05) is 121 Å². The number of aliphatic hydroxyl groups excluding tert-OH is 2. The first kappa shape index (κ1) is 35.7. The van der Waals surface area contributed by atoms with Gasteiger partial charge in [0, 0.05) is 11.5 Å². The Morgan fingerprint density at radius 2 is 0.673 bits per heavy atom. The molecule has 8 nitrogen and oxygen atoms in total. The molecule has 0 aromatic heterocycles. The minimum absolute atomic E-state index is 0.175. The molecule has 0 amide bonds. The van der Waals surface area contributed by atoms with Gasteiger partial charge < -0.3 is 38.6 Å². The van der Waals surface area contributed by atoms with Gasteiger partial charge in [-0.3, -0.25) is 0 Å². The van der Waals surface area contributed by atoms with E-state index in [9.17, 15) is 10.2 Å². The van der Waals surface area contributed by atoms with E-state index in [0.717, 1.165) is 22.3 Å². The first-order chi connectivity index (χ1) is 24.2. The van der Waals surface area contributed by atoms with Gasteiger partial charge in [0.25, 0.3) is 0 Å². The Balaban J connectivity index is 1.13. The normalized spacial score (nSPS) is 26.7. The highest BCUT2D eigenvalue weighted by atomic mass is 32.2. The van der Waals surface area contributed by atoms with Crippen molar-refractivity contribution >= 4 is 11.8 Å². The van der Waals surface area contributed by atoms with Crippen LogP contribution in [0.2, 0.25) is 0 Å². The van der Waals surface area contributed by atoms with Crippen molar-refractivity contribution in [3.8, 4) is 0 Å². The molecule has 9 heteroatoms. The molecule has 0 saturated carbocycles. The highest BCUT2D eigenvalue weighted by molar-refractivity contribution is 7.99. The number of hydrogen-bond acceptors (Lipinski definition) is 9. The van der Waals surface area contributed by atoms with Crippen LogP contribution in [0.3, 0.4) is 0 Å². The predicted molar refractivity (Wildman–Crippen MR) is 189 cm³/mol. The number of benzene rings is 4. The van der Waals surface area contributed by atoms with Gasteiger partial charge in [-0.05, 0) is 22.3 Å². The van der Waals surface area contributed by atoms with Crippen molar-refractivity contribution in [2.75, 3.05) is 24.7 Å². The largest absolute Gasteiger partial charge is 0.394 e. The lowest BCUT2D eigenvalue weighted by Crippen LogP contribution is -2.40. The predicted octanol–water partition coefficient (Wildman–Crippen LogP) is 5.58. The van der Waals surface area contributed by atoms with Crippen molar-refractivity contribution in [1.29, 1.82) is 0 Å². The first-order valence-electron chi connectivity index (χ1n) is 16.9. The summed E-state index contributed by atoms with van der Waals surface area (Å²) in [4.78, 5) is 0. The third kappa shape index (κ3) is 10.0. The lowest BCUT2D eigenvalue weighted by Gasteiger charge is -2.26. The Bertz CT molecular complexity index is 1370. The molecule has 8 atom stereocenters. The highest BCUT2D eigenvalue weighted by Crippen LogP contribution is 2.34. The summed E-state index contributed by atoms with van der Waals surface area (Å²) in [5.41, 5.74) is 4.19. The van der Waals surface area contributed by atoms with Crippen LogP contribution in [0, 0.1) is 0 Å². The van der Waals surface area contributed by atoms with Gasteiger partial charge in [-0.1, -0.05) is 121 Å². The van der Waals surface area contributed by atoms with E-state index in [0.29, 0.717) is 37.9 Å². The molecular weight excluding hydrogens is 640 g/mol. The zero-order valence-corrected chi connectivity index (χ0v) is 28.4. The van der Waals surface area contributed by atoms with Crippen LogP contribution in [-0.2, 0) is 54.8 Å². The SMILES string of the molecule is OC[C@H]1O[C@@H](CSC[C@@H]2O[C@H](CO)[C@@H](OCc3ccccc3)[C@@H]2OCc2ccccc2)[C@@H](OCc2ccccc2)[C@@H]1OCc1ccccc1. The summed E-state index contributed by atoms with van der Waals surface area (Å²) in [5, 5.41) is 20.6. The molecule has 2 fully saturated rings. The van der Waals surface area contributed by atoms with Crippen LogP contribution in [-0.4, -0.2) is 83.8 Å². The summed E-state index contributed by atoms with van der Waals surface area (Å²) in [6.45, 7) is 1.23. The lowest BCUT2D eigenvalue weighted by molar-refractivity contribution is -0.0828. The number of ether oxygens (including phenoxy) is 6. The van der Waals surface area contributed by atoms with Gasteiger partial charge in [-0.15, -0.1) is 0 Å². The molecule has 2 heterocycles. The van der Waals surface area contributed by atoms with E-state index in [4.69, 9.17) is 28.4 Å². The molecule has 0 bridgehead atoms. The molecule has 0 spiro atoms. The van der Waals surface area contributed by atoms with E-state index in [1.54, 1.807) is 11.8 Å². The van der Waals surface area contributed by atoms with Crippen molar-refractivity contribution in [2.45, 2.75) is 75.3 Å². The molecular formula is C40H46O8S. The Hall–Kier alpha value is -3.09. The average molecular weight is 687 g/mol. The average Bonchev–Trinajstić information content (AvgIpc) is 3.68. The fourth-order valence-corrected chi connectivity index (χ4v) is 7.48. The highest BCUT2D eigenvalue weighted by Gasteiger charge is 2.48. The fourth-order valence-electron chi connectivity index (χ4n) is 6.34. The van der Waals surface area contributed by atoms with E-state index in [-0.39, 0.29) is 25.4 Å². The van der Waals surface area contributed by atoms with Gasteiger partial charge >= 0.3 is 0 Å². The standard InChI is InChI=1S/C40H46O8S/c41-21-33-37(43-23-29-13-5-1-6-14-29)39(45-25-31-17-9-3-10-18-31)35(47-33)27-49-28-36-40(46-26-32-19-11-4-12-20-32)38(34(22-42)48-36)44-24-30-15-7-2-8-16-30/h1-20,33-42H,21-28H2/t33-,34-,35+,36+,37-,38-,39-,40-/m1/s1. The van der Waals surface area contributed by atoms with Crippen molar-refractivity contribution < 1.29 is 38.6 Å². The number of thioether (sulfide) groups is 1. The smallest absolute Gasteiger partial charge is 0.115 e. The molecule has 0 radical (unpaired) electrons. The summed E-state index contributed by atoms with van der Waals surface area (Å²) >= 11 is 1.67. The van der Waals surface area contributed by atoms with Crippen molar-refractivity contribution in [3.63, 3.8) is 0 Å². The molecule has 49 heavy (non-hydrogen) atoms. The van der Waals surface area contributed by atoms with Gasteiger partial charge in [0.05, 0.1) is 51.8 Å². The molecule has 2 aliphatic rings. The van der Waals surface area contributed by atoms with Gasteiger partial charge in [0.1, 0.15) is 36.6 Å². The first-order valence-corrected chi connectivity index (χ1v) is 18.1. The number of aliphatic hydroxyl groups is 2. The van der Waals surface area contributed by atoms with E-state index in [2.05, 4.69) is 0 Å². The summed E-state index contributed by atoms with van der Waals surface area (Å²) in [5.74, 6) is 1.18. The van der Waals surface area contributed by atoms with Gasteiger partial charge in [-0.25, -0.2) is 0 Å². The van der Waals surface area contributed by atoms with E-state index >= 15 is 0 Å². The van der Waals surface area contributed by atoms with E-state index < -0.39 is 36.6 Å². The van der Waals surface area contributed by atoms with Crippen molar-refractivity contribution in [1.82, 2.24) is 0 Å². The van der Waals surface area contributed by atoms with Crippen LogP contribution in [0.25, 0.3) is 0 Å². The Morgan fingerprint density at radius 3 is 0.939 bits per heavy atom. The third-order valence-electron chi connectivity index (χ3n) is 8.88. The number of hydrogen-bond donors (Lipinski definition) is 2. The molecule has 4 aromatic rings. The minimum atomic E-state index is -0.519. The van der Waals surface area contributed by atoms with Crippen LogP contribution in [0.15, 0.2) is 121 Å². The molecule has 0 aliphatic carbocycles. The zero-order valence-electron chi connectivity index (χ0n) is 27.6. The molecule has 260 valence electrons. The Morgan fingerprint density at radius 1 is 0.408 bits per heavy atom. The van der Waals surface area contributed by atoms with Crippen molar-refractivity contribution in [2.24, 2.45) is 0 Å². The Kier molecular flexibility index (Phi) is 13.7. The van der Waals surface area contributed by atoms with Gasteiger partial charge in [-0.2, -0.15) is 11.8 Å². The fraction of sp³-hybridized carbons (Fsp3) is 0.400. The lowest BCUT2D eigenvalue weighted by atomic mass is 10.1.